The van der Waals surface area contributed by atoms with Crippen LogP contribution >= 0.6 is 23.1 Å². The standard InChI is InChI=1S/C21H20ClN5O3S/c1-13-9-26(12-23-13)17-4-3-15(8-19(17)30-2)25-16-7-14(22)10-27(21(16)29)18(11-28)20-5-6-24-31-20/h3-10,12,18,25,28H,11H2,1-2H3/t18-/m0/s1. The Bertz CT molecular complexity index is 1250. The van der Waals surface area contributed by atoms with Gasteiger partial charge in [-0.25, -0.2) is 9.36 Å². The zero-order chi connectivity index (χ0) is 22.0. The van der Waals surface area contributed by atoms with Gasteiger partial charge in [0.15, 0.2) is 0 Å². The average Bonchev–Trinajstić information content (AvgIpc) is 3.44. The molecule has 0 bridgehead atoms. The third-order valence-corrected chi connectivity index (χ3v) is 5.81. The summed E-state index contributed by atoms with van der Waals surface area (Å²) in [5.41, 5.74) is 2.33. The van der Waals surface area contributed by atoms with Crippen LogP contribution in [0.25, 0.3) is 5.69 Å². The molecule has 0 aliphatic heterocycles. The van der Waals surface area contributed by atoms with Crippen molar-refractivity contribution in [1.29, 1.82) is 0 Å². The van der Waals surface area contributed by atoms with E-state index in [9.17, 15) is 9.90 Å². The number of benzene rings is 1. The largest absolute Gasteiger partial charge is 0.494 e. The van der Waals surface area contributed by atoms with Crippen LogP contribution in [0, 0.1) is 6.92 Å². The molecule has 10 heteroatoms. The second kappa shape index (κ2) is 8.93. The molecule has 4 aromatic rings. The van der Waals surface area contributed by atoms with Gasteiger partial charge in [-0.1, -0.05) is 11.6 Å². The molecule has 3 heterocycles. The van der Waals surface area contributed by atoms with Crippen LogP contribution in [0.15, 0.2) is 60.0 Å². The van der Waals surface area contributed by atoms with Crippen LogP contribution in [0.2, 0.25) is 5.02 Å². The Morgan fingerprint density at radius 1 is 1.29 bits per heavy atom. The molecule has 3 aromatic heterocycles. The van der Waals surface area contributed by atoms with Gasteiger partial charge >= 0.3 is 0 Å². The van der Waals surface area contributed by atoms with Crippen molar-refractivity contribution in [1.82, 2.24) is 18.5 Å². The Labute approximate surface area is 187 Å². The number of aromatic nitrogens is 4. The molecule has 0 spiro atoms. The van der Waals surface area contributed by atoms with Crippen LogP contribution in [-0.2, 0) is 0 Å². The maximum atomic E-state index is 13.1. The normalized spacial score (nSPS) is 12.0. The number of halogens is 1. The smallest absolute Gasteiger partial charge is 0.275 e. The minimum absolute atomic E-state index is 0.255. The summed E-state index contributed by atoms with van der Waals surface area (Å²) in [6, 6.07) is 8.26. The van der Waals surface area contributed by atoms with E-state index in [1.807, 2.05) is 29.8 Å². The molecule has 0 saturated heterocycles. The van der Waals surface area contributed by atoms with E-state index in [4.69, 9.17) is 16.3 Å². The maximum Gasteiger partial charge on any atom is 0.275 e. The first kappa shape index (κ1) is 21.1. The first-order chi connectivity index (χ1) is 15.0. The summed E-state index contributed by atoms with van der Waals surface area (Å²) in [6.07, 6.45) is 6.76. The van der Waals surface area contributed by atoms with E-state index in [1.165, 1.54) is 22.3 Å². The van der Waals surface area contributed by atoms with E-state index >= 15 is 0 Å². The number of aliphatic hydroxyl groups is 1. The van der Waals surface area contributed by atoms with Gasteiger partial charge < -0.3 is 24.3 Å². The molecule has 0 aliphatic carbocycles. The third-order valence-electron chi connectivity index (χ3n) is 4.75. The minimum atomic E-state index is -0.569. The number of hydrogen-bond acceptors (Lipinski definition) is 7. The van der Waals surface area contributed by atoms with Crippen molar-refractivity contribution >= 4 is 34.5 Å². The Hall–Kier alpha value is -3.14. The molecule has 0 amide bonds. The number of imidazole rings is 1. The highest BCUT2D eigenvalue weighted by Gasteiger charge is 2.19. The Balaban J connectivity index is 1.70. The summed E-state index contributed by atoms with van der Waals surface area (Å²) in [6.45, 7) is 1.66. The lowest BCUT2D eigenvalue weighted by Crippen LogP contribution is -2.28. The molecule has 2 N–H and O–H groups in total. The van der Waals surface area contributed by atoms with Crippen molar-refractivity contribution in [3.8, 4) is 11.4 Å². The maximum absolute atomic E-state index is 13.1. The topological polar surface area (TPSA) is 94.2 Å². The van der Waals surface area contributed by atoms with Crippen molar-refractivity contribution in [2.45, 2.75) is 13.0 Å². The number of ether oxygens (including phenoxy) is 1. The lowest BCUT2D eigenvalue weighted by Gasteiger charge is -2.18. The third kappa shape index (κ3) is 4.34. The van der Waals surface area contributed by atoms with Crippen LogP contribution in [-0.4, -0.2) is 37.3 Å². The van der Waals surface area contributed by atoms with E-state index in [0.29, 0.717) is 16.5 Å². The fourth-order valence-electron chi connectivity index (χ4n) is 3.28. The summed E-state index contributed by atoms with van der Waals surface area (Å²) in [5.74, 6) is 0.614. The molecule has 0 aliphatic rings. The van der Waals surface area contributed by atoms with Gasteiger partial charge in [-0.15, -0.1) is 0 Å². The van der Waals surface area contributed by atoms with Gasteiger partial charge in [0.05, 0.1) is 47.4 Å². The predicted octanol–water partition coefficient (Wildman–Crippen LogP) is 3.79. The molecule has 0 radical (unpaired) electrons. The summed E-state index contributed by atoms with van der Waals surface area (Å²) in [7, 11) is 1.58. The fourth-order valence-corrected chi connectivity index (χ4v) is 4.17. The molecular formula is C21H20ClN5O3S. The first-order valence-corrected chi connectivity index (χ1v) is 10.5. The Morgan fingerprint density at radius 3 is 2.77 bits per heavy atom. The molecule has 1 atom stereocenters. The lowest BCUT2D eigenvalue weighted by atomic mass is 10.2. The zero-order valence-electron chi connectivity index (χ0n) is 16.8. The highest BCUT2D eigenvalue weighted by atomic mass is 35.5. The van der Waals surface area contributed by atoms with Crippen LogP contribution in [0.3, 0.4) is 0 Å². The number of aryl methyl sites for hydroxylation is 1. The number of nitrogens with one attached hydrogen (secondary N) is 1. The van der Waals surface area contributed by atoms with Gasteiger partial charge in [-0.3, -0.25) is 4.79 Å². The number of nitrogens with zero attached hydrogens (tertiary/aromatic N) is 4. The second-order valence-corrected chi connectivity index (χ2v) is 8.13. The van der Waals surface area contributed by atoms with Crippen LogP contribution in [0.4, 0.5) is 11.4 Å². The number of hydrogen-bond donors (Lipinski definition) is 2. The Kier molecular flexibility index (Phi) is 6.08. The summed E-state index contributed by atoms with van der Waals surface area (Å²) in [4.78, 5) is 18.1. The molecule has 0 saturated carbocycles. The van der Waals surface area contributed by atoms with Gasteiger partial charge in [-0.05, 0) is 42.7 Å². The van der Waals surface area contributed by atoms with Crippen molar-refractivity contribution in [2.24, 2.45) is 0 Å². The van der Waals surface area contributed by atoms with E-state index in [-0.39, 0.29) is 17.9 Å². The monoisotopic (exact) mass is 457 g/mol. The second-order valence-electron chi connectivity index (χ2n) is 6.83. The lowest BCUT2D eigenvalue weighted by molar-refractivity contribution is 0.249. The summed E-state index contributed by atoms with van der Waals surface area (Å²) in [5, 5.41) is 13.4. The van der Waals surface area contributed by atoms with Crippen LogP contribution in [0.1, 0.15) is 16.6 Å². The zero-order valence-corrected chi connectivity index (χ0v) is 18.4. The molecule has 31 heavy (non-hydrogen) atoms. The fraction of sp³-hybridized carbons (Fsp3) is 0.190. The van der Waals surface area contributed by atoms with E-state index in [0.717, 1.165) is 16.3 Å². The molecular weight excluding hydrogens is 438 g/mol. The Morgan fingerprint density at radius 2 is 2.13 bits per heavy atom. The minimum Gasteiger partial charge on any atom is -0.494 e. The quantitative estimate of drug-likeness (QED) is 0.438. The van der Waals surface area contributed by atoms with E-state index in [2.05, 4.69) is 14.7 Å². The molecule has 1 aromatic carbocycles. The molecule has 0 fully saturated rings. The van der Waals surface area contributed by atoms with Gasteiger partial charge in [-0.2, -0.15) is 0 Å². The number of rotatable bonds is 7. The highest BCUT2D eigenvalue weighted by Crippen LogP contribution is 2.29. The number of pyridine rings is 1. The van der Waals surface area contributed by atoms with E-state index in [1.54, 1.807) is 37.8 Å². The number of aliphatic hydroxyl groups excluding tert-OH is 1. The molecule has 0 unspecified atom stereocenters. The van der Waals surface area contributed by atoms with Crippen molar-refractivity contribution < 1.29 is 9.84 Å². The SMILES string of the molecule is COc1cc(Nc2cc(Cl)cn([C@@H](CO)c3ccns3)c2=O)ccc1-n1cnc(C)c1. The van der Waals surface area contributed by atoms with Crippen molar-refractivity contribution in [2.75, 3.05) is 19.0 Å². The van der Waals surface area contributed by atoms with Gasteiger partial charge in [0.25, 0.3) is 5.56 Å². The first-order valence-electron chi connectivity index (χ1n) is 9.39. The van der Waals surface area contributed by atoms with Crippen LogP contribution in [0.5, 0.6) is 5.75 Å². The summed E-state index contributed by atoms with van der Waals surface area (Å²) >= 11 is 7.51. The predicted molar refractivity (Wildman–Crippen MR) is 121 cm³/mol. The number of methoxy groups -OCH3 is 1. The summed E-state index contributed by atoms with van der Waals surface area (Å²) < 4.78 is 12.9. The number of anilines is 2. The van der Waals surface area contributed by atoms with Crippen molar-refractivity contribution in [3.63, 3.8) is 0 Å². The van der Waals surface area contributed by atoms with Gasteiger partial charge in [0, 0.05) is 30.3 Å². The van der Waals surface area contributed by atoms with Crippen LogP contribution < -0.4 is 15.6 Å². The molecule has 160 valence electrons. The van der Waals surface area contributed by atoms with Crippen molar-refractivity contribution in [3.05, 3.63) is 81.2 Å². The highest BCUT2D eigenvalue weighted by molar-refractivity contribution is 7.05. The van der Waals surface area contributed by atoms with E-state index < -0.39 is 6.04 Å². The molecule has 4 rings (SSSR count). The van der Waals surface area contributed by atoms with Gasteiger partial charge in [0.1, 0.15) is 11.4 Å². The average molecular weight is 458 g/mol. The van der Waals surface area contributed by atoms with Gasteiger partial charge in [0.2, 0.25) is 0 Å². The molecule has 8 nitrogen and oxygen atoms in total.